The van der Waals surface area contributed by atoms with Gasteiger partial charge in [-0.05, 0) is 31.9 Å². The van der Waals surface area contributed by atoms with Gasteiger partial charge >= 0.3 is 0 Å². The number of piperidine rings is 1. The van der Waals surface area contributed by atoms with Gasteiger partial charge in [0, 0.05) is 25.2 Å². The number of hydrogen-bond donors (Lipinski definition) is 1. The lowest BCUT2D eigenvalue weighted by atomic mass is 9.96. The van der Waals surface area contributed by atoms with Crippen LogP contribution in [0.3, 0.4) is 0 Å². The molecule has 9 heteroatoms. The smallest absolute Gasteiger partial charge is 0.239 e. The van der Waals surface area contributed by atoms with Gasteiger partial charge in [0.2, 0.25) is 17.6 Å². The minimum Gasteiger partial charge on any atom is -0.341 e. The molecule has 24 heavy (non-hydrogen) atoms. The summed E-state index contributed by atoms with van der Waals surface area (Å²) in [6.45, 7) is 3.06. The summed E-state index contributed by atoms with van der Waals surface area (Å²) in [5.41, 5.74) is 6.34. The van der Waals surface area contributed by atoms with E-state index in [4.69, 9.17) is 10.3 Å². The number of likely N-dealkylation sites (tertiary alicyclic amines) is 1. The van der Waals surface area contributed by atoms with Crippen LogP contribution in [0.15, 0.2) is 28.9 Å². The van der Waals surface area contributed by atoms with Crippen LogP contribution in [0.5, 0.6) is 0 Å². The van der Waals surface area contributed by atoms with Gasteiger partial charge in [0.15, 0.2) is 0 Å². The Balaban J connectivity index is 0.00000144. The summed E-state index contributed by atoms with van der Waals surface area (Å²) in [6, 6.07) is 5.13. The molecule has 1 fully saturated rings. The largest absolute Gasteiger partial charge is 0.341 e. The van der Waals surface area contributed by atoms with Crippen LogP contribution >= 0.6 is 24.8 Å². The fourth-order valence-corrected chi connectivity index (χ4v) is 2.63. The number of carbonyl (C=O) groups is 1. The summed E-state index contributed by atoms with van der Waals surface area (Å²) in [4.78, 5) is 22.3. The van der Waals surface area contributed by atoms with E-state index in [1.165, 1.54) is 0 Å². The molecule has 3 rings (SSSR count). The van der Waals surface area contributed by atoms with E-state index in [1.54, 1.807) is 18.0 Å². The van der Waals surface area contributed by atoms with E-state index < -0.39 is 6.04 Å². The summed E-state index contributed by atoms with van der Waals surface area (Å²) < 4.78 is 5.37. The average Bonchev–Trinajstić information content (AvgIpc) is 3.05. The predicted octanol–water partition coefficient (Wildman–Crippen LogP) is 2.03. The minimum absolute atomic E-state index is 0. The maximum Gasteiger partial charge on any atom is 0.239 e. The quantitative estimate of drug-likeness (QED) is 0.883. The van der Waals surface area contributed by atoms with Crippen LogP contribution in [-0.4, -0.2) is 45.1 Å². The zero-order valence-corrected chi connectivity index (χ0v) is 14.9. The number of halogens is 2. The van der Waals surface area contributed by atoms with Crippen molar-refractivity contribution in [1.82, 2.24) is 20.0 Å². The van der Waals surface area contributed by atoms with E-state index in [-0.39, 0.29) is 36.6 Å². The SMILES string of the molecule is C[C@@H](N)C(=O)N1CCC(c2nc(-c3ccccn3)no2)CC1.Cl.Cl. The lowest BCUT2D eigenvalue weighted by Gasteiger charge is -2.31. The van der Waals surface area contributed by atoms with Crippen molar-refractivity contribution in [1.29, 1.82) is 0 Å². The first-order chi connectivity index (χ1) is 10.6. The fraction of sp³-hybridized carbons (Fsp3) is 0.467. The molecule has 3 heterocycles. The lowest BCUT2D eigenvalue weighted by Crippen LogP contribution is -2.45. The van der Waals surface area contributed by atoms with Gasteiger partial charge in [-0.15, -0.1) is 24.8 Å². The molecule has 1 aliphatic heterocycles. The Morgan fingerprint density at radius 2 is 2.04 bits per heavy atom. The Hall–Kier alpha value is -1.70. The number of amides is 1. The molecule has 7 nitrogen and oxygen atoms in total. The monoisotopic (exact) mass is 373 g/mol. The fourth-order valence-electron chi connectivity index (χ4n) is 2.63. The van der Waals surface area contributed by atoms with Gasteiger partial charge in [-0.2, -0.15) is 4.98 Å². The summed E-state index contributed by atoms with van der Waals surface area (Å²) in [5, 5.41) is 3.99. The van der Waals surface area contributed by atoms with Crippen LogP contribution in [0.1, 0.15) is 31.6 Å². The van der Waals surface area contributed by atoms with Crippen molar-refractivity contribution < 1.29 is 9.32 Å². The summed E-state index contributed by atoms with van der Waals surface area (Å²) in [5.74, 6) is 1.30. The Morgan fingerprint density at radius 3 is 2.62 bits per heavy atom. The highest BCUT2D eigenvalue weighted by atomic mass is 35.5. The number of nitrogens with zero attached hydrogens (tertiary/aromatic N) is 4. The molecule has 2 aromatic rings. The van der Waals surface area contributed by atoms with Crippen LogP contribution in [-0.2, 0) is 4.79 Å². The molecule has 132 valence electrons. The van der Waals surface area contributed by atoms with Crippen molar-refractivity contribution in [3.63, 3.8) is 0 Å². The molecule has 2 aromatic heterocycles. The third-order valence-electron chi connectivity index (χ3n) is 3.88. The molecule has 2 N–H and O–H groups in total. The first-order valence-corrected chi connectivity index (χ1v) is 7.44. The van der Waals surface area contributed by atoms with Gasteiger partial charge in [-0.25, -0.2) is 0 Å². The van der Waals surface area contributed by atoms with Crippen molar-refractivity contribution in [3.05, 3.63) is 30.3 Å². The Kier molecular flexibility index (Phi) is 7.59. The molecule has 0 unspecified atom stereocenters. The van der Waals surface area contributed by atoms with Crippen molar-refractivity contribution in [2.75, 3.05) is 13.1 Å². The molecule has 1 atom stereocenters. The van der Waals surface area contributed by atoms with Gasteiger partial charge < -0.3 is 15.2 Å². The van der Waals surface area contributed by atoms with Crippen LogP contribution in [0.25, 0.3) is 11.5 Å². The van der Waals surface area contributed by atoms with E-state index in [1.807, 2.05) is 18.2 Å². The van der Waals surface area contributed by atoms with Crippen molar-refractivity contribution >= 4 is 30.7 Å². The highest BCUT2D eigenvalue weighted by molar-refractivity contribution is 5.85. The molecule has 1 aliphatic rings. The number of rotatable bonds is 3. The summed E-state index contributed by atoms with van der Waals surface area (Å²) in [6.07, 6.45) is 3.31. The summed E-state index contributed by atoms with van der Waals surface area (Å²) in [7, 11) is 0. The van der Waals surface area contributed by atoms with Gasteiger partial charge in [0.05, 0.1) is 6.04 Å². The molecule has 0 aliphatic carbocycles. The second-order valence-corrected chi connectivity index (χ2v) is 5.56. The zero-order chi connectivity index (χ0) is 15.5. The maximum atomic E-state index is 11.9. The van der Waals surface area contributed by atoms with Crippen molar-refractivity contribution in [2.45, 2.75) is 31.7 Å². The zero-order valence-electron chi connectivity index (χ0n) is 13.3. The normalized spacial score (nSPS) is 16.0. The van der Waals surface area contributed by atoms with E-state index in [0.29, 0.717) is 30.5 Å². The first kappa shape index (κ1) is 20.3. The Labute approximate surface area is 152 Å². The van der Waals surface area contributed by atoms with E-state index in [2.05, 4.69) is 15.1 Å². The van der Waals surface area contributed by atoms with Gasteiger partial charge in [0.1, 0.15) is 5.69 Å². The molecule has 1 saturated heterocycles. The standard InChI is InChI=1S/C15H19N5O2.2ClH/c1-10(16)15(21)20-8-5-11(6-9-20)14-18-13(19-22-14)12-4-2-3-7-17-12;;/h2-4,7,10-11H,5-6,8-9,16H2,1H3;2*1H/t10-;;/m1../s1. The lowest BCUT2D eigenvalue weighted by molar-refractivity contribution is -0.133. The highest BCUT2D eigenvalue weighted by Crippen LogP contribution is 2.28. The minimum atomic E-state index is -0.448. The van der Waals surface area contributed by atoms with E-state index in [9.17, 15) is 4.79 Å². The number of pyridine rings is 1. The average molecular weight is 374 g/mol. The van der Waals surface area contributed by atoms with Crippen LogP contribution in [0, 0.1) is 0 Å². The Morgan fingerprint density at radius 1 is 1.33 bits per heavy atom. The topological polar surface area (TPSA) is 98.1 Å². The van der Waals surface area contributed by atoms with Crippen molar-refractivity contribution in [3.8, 4) is 11.5 Å². The second kappa shape index (κ2) is 8.96. The third kappa shape index (κ3) is 4.43. The van der Waals surface area contributed by atoms with Gasteiger partial charge in [0.25, 0.3) is 0 Å². The maximum absolute atomic E-state index is 11.9. The third-order valence-corrected chi connectivity index (χ3v) is 3.88. The summed E-state index contributed by atoms with van der Waals surface area (Å²) >= 11 is 0. The van der Waals surface area contributed by atoms with Gasteiger partial charge in [-0.1, -0.05) is 11.2 Å². The Bertz CT molecular complexity index is 642. The molecule has 0 saturated carbocycles. The van der Waals surface area contributed by atoms with Crippen LogP contribution in [0.4, 0.5) is 0 Å². The van der Waals surface area contributed by atoms with E-state index in [0.717, 1.165) is 12.8 Å². The number of aromatic nitrogens is 3. The van der Waals surface area contributed by atoms with Crippen molar-refractivity contribution in [2.24, 2.45) is 5.73 Å². The number of carbonyl (C=O) groups excluding carboxylic acids is 1. The van der Waals surface area contributed by atoms with Gasteiger partial charge in [-0.3, -0.25) is 9.78 Å². The molecular weight excluding hydrogens is 353 g/mol. The number of hydrogen-bond acceptors (Lipinski definition) is 6. The van der Waals surface area contributed by atoms with Crippen LogP contribution < -0.4 is 5.73 Å². The van der Waals surface area contributed by atoms with Crippen LogP contribution in [0.2, 0.25) is 0 Å². The van der Waals surface area contributed by atoms with E-state index >= 15 is 0 Å². The molecule has 0 aromatic carbocycles. The molecular formula is C15H21Cl2N5O2. The molecule has 1 amide bonds. The highest BCUT2D eigenvalue weighted by Gasteiger charge is 2.28. The number of nitrogens with two attached hydrogens (primary N) is 1. The molecule has 0 bridgehead atoms. The molecule has 0 spiro atoms. The molecule has 0 radical (unpaired) electrons. The second-order valence-electron chi connectivity index (χ2n) is 5.56. The first-order valence-electron chi connectivity index (χ1n) is 7.44. The predicted molar refractivity (Wildman–Crippen MR) is 94.2 cm³/mol.